The van der Waals surface area contributed by atoms with E-state index in [4.69, 9.17) is 14.0 Å². The number of hydrogen-bond acceptors (Lipinski definition) is 6. The third-order valence-electron chi connectivity index (χ3n) is 6.02. The molecule has 0 bridgehead atoms. The Morgan fingerprint density at radius 3 is 2.68 bits per heavy atom. The highest BCUT2D eigenvalue weighted by Crippen LogP contribution is 2.39. The van der Waals surface area contributed by atoms with Gasteiger partial charge in [0.2, 0.25) is 12.6 Å². The lowest BCUT2D eigenvalue weighted by Crippen LogP contribution is -2.46. The lowest BCUT2D eigenvalue weighted by molar-refractivity contribution is 0.174. The standard InChI is InChI=1S/C25H25FN4O4/c1-14(2)10-11-30-15(3)21(22(27-25(30)31)16-4-7-18(26)8-5-16)24-28-23(29-34-24)17-6-9-19-20(12-17)33-13-32-19/h4-9,12,14,22H,10-11,13H2,1-3H3,(H,27,31). The second kappa shape index (κ2) is 8.81. The number of hydrogen-bond donors (Lipinski definition) is 1. The van der Waals surface area contributed by atoms with Crippen molar-refractivity contribution in [3.8, 4) is 22.9 Å². The number of carbonyl (C=O) groups excluding carboxylic acids is 1. The van der Waals surface area contributed by atoms with Gasteiger partial charge in [-0.25, -0.2) is 9.18 Å². The van der Waals surface area contributed by atoms with Crippen LogP contribution in [0, 0.1) is 11.7 Å². The summed E-state index contributed by atoms with van der Waals surface area (Å²) >= 11 is 0. The van der Waals surface area contributed by atoms with Crippen LogP contribution in [-0.4, -0.2) is 34.4 Å². The molecule has 0 fully saturated rings. The number of allylic oxidation sites excluding steroid dienone is 1. The summed E-state index contributed by atoms with van der Waals surface area (Å²) in [6.07, 6.45) is 0.839. The van der Waals surface area contributed by atoms with Crippen molar-refractivity contribution in [3.05, 3.63) is 65.4 Å². The Kier molecular flexibility index (Phi) is 5.69. The second-order valence-electron chi connectivity index (χ2n) is 8.76. The molecular formula is C25H25FN4O4. The number of amides is 2. The Balaban J connectivity index is 1.55. The average molecular weight is 464 g/mol. The predicted octanol–water partition coefficient (Wildman–Crippen LogP) is 5.15. The molecule has 0 spiro atoms. The largest absolute Gasteiger partial charge is 0.454 e. The molecule has 2 aromatic carbocycles. The summed E-state index contributed by atoms with van der Waals surface area (Å²) in [5.41, 5.74) is 2.83. The van der Waals surface area contributed by atoms with Crippen LogP contribution >= 0.6 is 0 Å². The van der Waals surface area contributed by atoms with Gasteiger partial charge in [0.1, 0.15) is 5.82 Å². The number of aromatic nitrogens is 2. The van der Waals surface area contributed by atoms with Gasteiger partial charge in [-0.3, -0.25) is 4.90 Å². The number of fused-ring (bicyclic) bond motifs is 1. The van der Waals surface area contributed by atoms with Crippen LogP contribution in [-0.2, 0) is 0 Å². The van der Waals surface area contributed by atoms with E-state index in [0.717, 1.165) is 17.7 Å². The summed E-state index contributed by atoms with van der Waals surface area (Å²) in [5.74, 6) is 2.03. The Morgan fingerprint density at radius 1 is 1.15 bits per heavy atom. The van der Waals surface area contributed by atoms with Crippen molar-refractivity contribution in [2.75, 3.05) is 13.3 Å². The first kappa shape index (κ1) is 21.9. The molecule has 1 aromatic heterocycles. The highest BCUT2D eigenvalue weighted by atomic mass is 19.1. The van der Waals surface area contributed by atoms with Gasteiger partial charge in [-0.05, 0) is 55.2 Å². The molecule has 1 unspecified atom stereocenters. The Hall–Kier alpha value is -3.88. The lowest BCUT2D eigenvalue weighted by Gasteiger charge is -2.35. The first-order chi connectivity index (χ1) is 16.4. The zero-order valence-corrected chi connectivity index (χ0v) is 19.2. The molecule has 9 heteroatoms. The summed E-state index contributed by atoms with van der Waals surface area (Å²) in [7, 11) is 0. The molecule has 34 heavy (non-hydrogen) atoms. The van der Waals surface area contributed by atoms with E-state index in [2.05, 4.69) is 29.3 Å². The van der Waals surface area contributed by atoms with Crippen molar-refractivity contribution >= 4 is 11.6 Å². The van der Waals surface area contributed by atoms with Crippen LogP contribution in [0.1, 0.15) is 44.7 Å². The molecule has 3 heterocycles. The maximum absolute atomic E-state index is 13.6. The molecule has 176 valence electrons. The van der Waals surface area contributed by atoms with E-state index < -0.39 is 6.04 Å². The molecule has 0 radical (unpaired) electrons. The fourth-order valence-corrected chi connectivity index (χ4v) is 4.11. The minimum atomic E-state index is -0.562. The second-order valence-corrected chi connectivity index (χ2v) is 8.76. The molecule has 0 saturated heterocycles. The van der Waals surface area contributed by atoms with Gasteiger partial charge >= 0.3 is 6.03 Å². The normalized spacial score (nSPS) is 17.5. The van der Waals surface area contributed by atoms with Gasteiger partial charge in [-0.15, -0.1) is 0 Å². The summed E-state index contributed by atoms with van der Waals surface area (Å²) in [5, 5.41) is 7.20. The molecule has 0 saturated carbocycles. The minimum absolute atomic E-state index is 0.174. The number of nitrogens with one attached hydrogen (secondary N) is 1. The van der Waals surface area contributed by atoms with Crippen LogP contribution in [0.2, 0.25) is 0 Å². The van der Waals surface area contributed by atoms with E-state index in [-0.39, 0.29) is 24.5 Å². The van der Waals surface area contributed by atoms with Gasteiger partial charge in [0.15, 0.2) is 11.5 Å². The summed E-state index contributed by atoms with van der Waals surface area (Å²) < 4.78 is 30.1. The third-order valence-corrected chi connectivity index (χ3v) is 6.02. The molecule has 0 aliphatic carbocycles. The molecule has 2 aliphatic heterocycles. The van der Waals surface area contributed by atoms with Crippen molar-refractivity contribution in [3.63, 3.8) is 0 Å². The SMILES string of the molecule is CC1=C(c2nc(-c3ccc4c(c3)OCO4)no2)C(c2ccc(F)cc2)NC(=O)N1CCC(C)C. The number of urea groups is 1. The van der Waals surface area contributed by atoms with Gasteiger partial charge < -0.3 is 19.3 Å². The topological polar surface area (TPSA) is 89.7 Å². The van der Waals surface area contributed by atoms with E-state index in [1.165, 1.54) is 12.1 Å². The van der Waals surface area contributed by atoms with Gasteiger partial charge in [0.25, 0.3) is 5.89 Å². The number of ether oxygens (including phenoxy) is 2. The van der Waals surface area contributed by atoms with Crippen LogP contribution in [0.5, 0.6) is 11.5 Å². The van der Waals surface area contributed by atoms with Crippen molar-refractivity contribution in [2.24, 2.45) is 5.92 Å². The van der Waals surface area contributed by atoms with Crippen molar-refractivity contribution in [1.29, 1.82) is 0 Å². The van der Waals surface area contributed by atoms with Crippen LogP contribution < -0.4 is 14.8 Å². The van der Waals surface area contributed by atoms with E-state index in [1.54, 1.807) is 29.2 Å². The van der Waals surface area contributed by atoms with E-state index in [0.29, 0.717) is 40.9 Å². The highest BCUT2D eigenvalue weighted by molar-refractivity contribution is 5.86. The monoisotopic (exact) mass is 464 g/mol. The Bertz CT molecular complexity index is 1250. The fraction of sp³-hybridized carbons (Fsp3) is 0.320. The molecule has 2 aliphatic rings. The van der Waals surface area contributed by atoms with Crippen molar-refractivity contribution in [1.82, 2.24) is 20.4 Å². The van der Waals surface area contributed by atoms with Gasteiger partial charge in [0.05, 0.1) is 11.6 Å². The Labute approximate surface area is 196 Å². The molecule has 2 amide bonds. The lowest BCUT2D eigenvalue weighted by atomic mass is 9.94. The maximum Gasteiger partial charge on any atom is 0.322 e. The first-order valence-corrected chi connectivity index (χ1v) is 11.2. The van der Waals surface area contributed by atoms with E-state index in [9.17, 15) is 9.18 Å². The smallest absolute Gasteiger partial charge is 0.322 e. The quantitative estimate of drug-likeness (QED) is 0.543. The van der Waals surface area contributed by atoms with Gasteiger partial charge in [-0.1, -0.05) is 31.1 Å². The van der Waals surface area contributed by atoms with Crippen LogP contribution in [0.4, 0.5) is 9.18 Å². The van der Waals surface area contributed by atoms with Crippen molar-refractivity contribution < 1.29 is 23.2 Å². The molecule has 5 rings (SSSR count). The fourth-order valence-electron chi connectivity index (χ4n) is 4.11. The summed E-state index contributed by atoms with van der Waals surface area (Å²) in [6, 6.07) is 10.7. The zero-order chi connectivity index (χ0) is 23.8. The number of benzene rings is 2. The first-order valence-electron chi connectivity index (χ1n) is 11.2. The number of nitrogens with zero attached hydrogens (tertiary/aromatic N) is 3. The third kappa shape index (κ3) is 4.09. The van der Waals surface area contributed by atoms with Crippen LogP contribution in [0.25, 0.3) is 17.0 Å². The van der Waals surface area contributed by atoms with Crippen LogP contribution in [0.15, 0.2) is 52.7 Å². The summed E-state index contributed by atoms with van der Waals surface area (Å²) in [4.78, 5) is 19.3. The molecular weight excluding hydrogens is 439 g/mol. The highest BCUT2D eigenvalue weighted by Gasteiger charge is 2.35. The summed E-state index contributed by atoms with van der Waals surface area (Å²) in [6.45, 7) is 6.82. The average Bonchev–Trinajstić information content (AvgIpc) is 3.48. The van der Waals surface area contributed by atoms with Crippen LogP contribution in [0.3, 0.4) is 0 Å². The van der Waals surface area contributed by atoms with Crippen molar-refractivity contribution in [2.45, 2.75) is 33.2 Å². The van der Waals surface area contributed by atoms with Gasteiger partial charge in [0, 0.05) is 17.8 Å². The van der Waals surface area contributed by atoms with E-state index >= 15 is 0 Å². The maximum atomic E-state index is 13.6. The van der Waals surface area contributed by atoms with E-state index in [1.807, 2.05) is 13.0 Å². The van der Waals surface area contributed by atoms with Gasteiger partial charge in [-0.2, -0.15) is 4.98 Å². The minimum Gasteiger partial charge on any atom is -0.454 e. The number of carbonyl (C=O) groups is 1. The molecule has 1 N–H and O–H groups in total. The molecule has 3 aromatic rings. The predicted molar refractivity (Wildman–Crippen MR) is 122 cm³/mol. The number of rotatable bonds is 6. The molecule has 1 atom stereocenters. The zero-order valence-electron chi connectivity index (χ0n) is 19.2. The number of halogens is 1. The Morgan fingerprint density at radius 2 is 1.91 bits per heavy atom. The molecule has 8 nitrogen and oxygen atoms in total.